The number of rotatable bonds is 3. The minimum absolute atomic E-state index is 0.0410. The Morgan fingerprint density at radius 1 is 1.31 bits per heavy atom. The van der Waals surface area contributed by atoms with E-state index in [0.717, 1.165) is 45.2 Å². The molecule has 0 bridgehead atoms. The molecule has 0 aromatic heterocycles. The predicted octanol–water partition coefficient (Wildman–Crippen LogP) is 0.502. The van der Waals surface area contributed by atoms with Gasteiger partial charge in [0.1, 0.15) is 0 Å². The van der Waals surface area contributed by atoms with Gasteiger partial charge in [0.15, 0.2) is 0 Å². The average Bonchev–Trinajstić information content (AvgIpc) is 2.83. The van der Waals surface area contributed by atoms with E-state index in [1.54, 1.807) is 0 Å². The van der Waals surface area contributed by atoms with Crippen molar-refractivity contribution in [3.8, 4) is 0 Å². The van der Waals surface area contributed by atoms with Crippen molar-refractivity contribution in [1.82, 2.24) is 10.2 Å². The zero-order valence-corrected chi connectivity index (χ0v) is 9.82. The number of hydrogen-bond acceptors (Lipinski definition) is 3. The van der Waals surface area contributed by atoms with Gasteiger partial charge in [-0.25, -0.2) is 0 Å². The molecule has 2 N–H and O–H groups in total. The van der Waals surface area contributed by atoms with Gasteiger partial charge in [-0.3, -0.25) is 4.79 Å². The highest BCUT2D eigenvalue weighted by atomic mass is 16.3. The topological polar surface area (TPSA) is 52.6 Å². The summed E-state index contributed by atoms with van der Waals surface area (Å²) in [5, 5.41) is 12.3. The molecule has 16 heavy (non-hydrogen) atoms. The Bertz CT molecular complexity index is 237. The van der Waals surface area contributed by atoms with Crippen LogP contribution < -0.4 is 5.32 Å². The van der Waals surface area contributed by atoms with E-state index in [1.807, 2.05) is 4.90 Å². The van der Waals surface area contributed by atoms with Gasteiger partial charge in [-0.1, -0.05) is 0 Å². The second-order valence-corrected chi connectivity index (χ2v) is 4.84. The van der Waals surface area contributed by atoms with Crippen LogP contribution >= 0.6 is 0 Å². The zero-order valence-electron chi connectivity index (χ0n) is 9.82. The summed E-state index contributed by atoms with van der Waals surface area (Å²) in [5.74, 6) is 0.260. The number of carbonyl (C=O) groups excluding carboxylic acids is 1. The van der Waals surface area contributed by atoms with Crippen molar-refractivity contribution < 1.29 is 9.90 Å². The predicted molar refractivity (Wildman–Crippen MR) is 62.1 cm³/mol. The molecular formula is C12H22N2O2. The van der Waals surface area contributed by atoms with Crippen molar-refractivity contribution >= 4 is 5.91 Å². The first-order chi connectivity index (χ1) is 7.83. The van der Waals surface area contributed by atoms with Crippen LogP contribution in [0.25, 0.3) is 0 Å². The summed E-state index contributed by atoms with van der Waals surface area (Å²) in [5.41, 5.74) is 0. The van der Waals surface area contributed by atoms with E-state index in [2.05, 4.69) is 5.32 Å². The number of amides is 1. The minimum Gasteiger partial charge on any atom is -0.396 e. The Kier molecular flexibility index (Phi) is 4.18. The molecule has 92 valence electrons. The maximum absolute atomic E-state index is 12.3. The molecule has 0 spiro atoms. The first kappa shape index (κ1) is 11.9. The van der Waals surface area contributed by atoms with Gasteiger partial charge in [-0.05, 0) is 45.1 Å². The number of carbonyl (C=O) groups is 1. The Hall–Kier alpha value is -0.610. The number of nitrogens with one attached hydrogen (secondary N) is 1. The van der Waals surface area contributed by atoms with Crippen LogP contribution in [0, 0.1) is 0 Å². The van der Waals surface area contributed by atoms with Gasteiger partial charge in [0.25, 0.3) is 0 Å². The van der Waals surface area contributed by atoms with Crippen LogP contribution in [-0.4, -0.2) is 47.7 Å². The van der Waals surface area contributed by atoms with E-state index >= 15 is 0 Å². The highest BCUT2D eigenvalue weighted by Crippen LogP contribution is 2.21. The molecule has 2 heterocycles. The summed E-state index contributed by atoms with van der Waals surface area (Å²) >= 11 is 0. The standard InChI is InChI=1S/C12H22N2O2/c15-9-6-10-4-1-2-8-14(10)12(16)11-5-3-7-13-11/h10-11,13,15H,1-9H2/t10?,11-/m0/s1. The highest BCUT2D eigenvalue weighted by Gasteiger charge is 2.32. The van der Waals surface area contributed by atoms with Crippen LogP contribution in [-0.2, 0) is 4.79 Å². The molecule has 4 nitrogen and oxygen atoms in total. The first-order valence-electron chi connectivity index (χ1n) is 6.47. The monoisotopic (exact) mass is 226 g/mol. The van der Waals surface area contributed by atoms with E-state index in [4.69, 9.17) is 5.11 Å². The zero-order chi connectivity index (χ0) is 11.4. The third kappa shape index (κ3) is 2.55. The second-order valence-electron chi connectivity index (χ2n) is 4.84. The number of aliphatic hydroxyl groups is 1. The van der Waals surface area contributed by atoms with Crippen molar-refractivity contribution in [3.63, 3.8) is 0 Å². The Labute approximate surface area is 97.0 Å². The average molecular weight is 226 g/mol. The quantitative estimate of drug-likeness (QED) is 0.737. The Morgan fingerprint density at radius 3 is 2.88 bits per heavy atom. The maximum Gasteiger partial charge on any atom is 0.239 e. The van der Waals surface area contributed by atoms with Gasteiger partial charge in [-0.2, -0.15) is 0 Å². The number of aliphatic hydroxyl groups excluding tert-OH is 1. The summed E-state index contributed by atoms with van der Waals surface area (Å²) < 4.78 is 0. The van der Waals surface area contributed by atoms with Gasteiger partial charge >= 0.3 is 0 Å². The number of nitrogens with zero attached hydrogens (tertiary/aromatic N) is 1. The molecule has 4 heteroatoms. The molecule has 2 rings (SSSR count). The summed E-state index contributed by atoms with van der Waals surface area (Å²) in [6.07, 6.45) is 6.17. The highest BCUT2D eigenvalue weighted by molar-refractivity contribution is 5.82. The van der Waals surface area contributed by atoms with E-state index in [-0.39, 0.29) is 24.6 Å². The van der Waals surface area contributed by atoms with E-state index in [9.17, 15) is 4.79 Å². The molecule has 2 aliphatic rings. The van der Waals surface area contributed by atoms with Gasteiger partial charge in [0.05, 0.1) is 6.04 Å². The fourth-order valence-electron chi connectivity index (χ4n) is 2.84. The second kappa shape index (κ2) is 5.64. The molecule has 0 aliphatic carbocycles. The smallest absolute Gasteiger partial charge is 0.239 e. The lowest BCUT2D eigenvalue weighted by atomic mass is 9.98. The van der Waals surface area contributed by atoms with Crippen LogP contribution in [0.4, 0.5) is 0 Å². The number of hydrogen-bond donors (Lipinski definition) is 2. The summed E-state index contributed by atoms with van der Waals surface area (Å²) in [4.78, 5) is 14.3. The third-order valence-electron chi connectivity index (χ3n) is 3.73. The van der Waals surface area contributed by atoms with E-state index in [1.165, 1.54) is 6.42 Å². The molecule has 2 saturated heterocycles. The number of piperidine rings is 1. The summed E-state index contributed by atoms with van der Waals surface area (Å²) in [6.45, 7) is 2.03. The van der Waals surface area contributed by atoms with Crippen LogP contribution in [0.5, 0.6) is 0 Å². The third-order valence-corrected chi connectivity index (χ3v) is 3.73. The molecule has 2 aliphatic heterocycles. The minimum atomic E-state index is 0.0410. The molecule has 0 saturated carbocycles. The maximum atomic E-state index is 12.3. The lowest BCUT2D eigenvalue weighted by Gasteiger charge is -2.37. The van der Waals surface area contributed by atoms with Crippen LogP contribution in [0.3, 0.4) is 0 Å². The van der Waals surface area contributed by atoms with Gasteiger partial charge in [0.2, 0.25) is 5.91 Å². The van der Waals surface area contributed by atoms with Crippen molar-refractivity contribution in [1.29, 1.82) is 0 Å². The van der Waals surface area contributed by atoms with Gasteiger partial charge in [-0.15, -0.1) is 0 Å². The van der Waals surface area contributed by atoms with Crippen molar-refractivity contribution in [2.24, 2.45) is 0 Å². The normalized spacial score (nSPS) is 30.7. The molecule has 1 amide bonds. The van der Waals surface area contributed by atoms with Crippen molar-refractivity contribution in [2.45, 2.75) is 50.6 Å². The van der Waals surface area contributed by atoms with Crippen LogP contribution in [0.1, 0.15) is 38.5 Å². The largest absolute Gasteiger partial charge is 0.396 e. The van der Waals surface area contributed by atoms with E-state index < -0.39 is 0 Å². The molecule has 0 aromatic rings. The van der Waals surface area contributed by atoms with Gasteiger partial charge < -0.3 is 15.3 Å². The molecule has 1 unspecified atom stereocenters. The lowest BCUT2D eigenvalue weighted by Crippen LogP contribution is -2.50. The Morgan fingerprint density at radius 2 is 2.19 bits per heavy atom. The lowest BCUT2D eigenvalue weighted by molar-refractivity contribution is -0.137. The molecular weight excluding hydrogens is 204 g/mol. The molecule has 0 radical (unpaired) electrons. The summed E-state index contributed by atoms with van der Waals surface area (Å²) in [6, 6.07) is 0.313. The number of likely N-dealkylation sites (tertiary alicyclic amines) is 1. The first-order valence-corrected chi connectivity index (χ1v) is 6.47. The molecule has 2 atom stereocenters. The van der Waals surface area contributed by atoms with Crippen LogP contribution in [0.2, 0.25) is 0 Å². The fourth-order valence-corrected chi connectivity index (χ4v) is 2.84. The summed E-state index contributed by atoms with van der Waals surface area (Å²) in [7, 11) is 0. The molecule has 0 aromatic carbocycles. The molecule has 2 fully saturated rings. The van der Waals surface area contributed by atoms with Crippen molar-refractivity contribution in [3.05, 3.63) is 0 Å². The van der Waals surface area contributed by atoms with E-state index in [0.29, 0.717) is 0 Å². The van der Waals surface area contributed by atoms with Crippen molar-refractivity contribution in [2.75, 3.05) is 19.7 Å². The van der Waals surface area contributed by atoms with Crippen LogP contribution in [0.15, 0.2) is 0 Å². The fraction of sp³-hybridized carbons (Fsp3) is 0.917. The van der Waals surface area contributed by atoms with Gasteiger partial charge in [0, 0.05) is 19.2 Å². The Balaban J connectivity index is 1.95. The SMILES string of the molecule is O=C([C@@H]1CCCN1)N1CCCCC1CCO.